The van der Waals surface area contributed by atoms with Crippen LogP contribution in [0.4, 0.5) is 0 Å². The second kappa shape index (κ2) is 7.04. The Hall–Kier alpha value is -2.13. The summed E-state index contributed by atoms with van der Waals surface area (Å²) in [6.45, 7) is 1.98. The fraction of sp³-hybridized carbons (Fsp3) is 0.278. The van der Waals surface area contributed by atoms with Gasteiger partial charge in [0.05, 0.1) is 12.0 Å². The Balaban J connectivity index is 2.07. The van der Waals surface area contributed by atoms with Crippen LogP contribution in [0.5, 0.6) is 0 Å². The Kier molecular flexibility index (Phi) is 5.12. The van der Waals surface area contributed by atoms with Crippen molar-refractivity contribution < 1.29 is 15.0 Å². The Bertz CT molecular complexity index is 592. The maximum atomic E-state index is 11.4. The first-order valence-corrected chi connectivity index (χ1v) is 7.07. The second-order valence-electron chi connectivity index (χ2n) is 5.39. The minimum atomic E-state index is -0.869. The molecule has 0 saturated carbocycles. The average Bonchev–Trinajstić information content (AvgIpc) is 2.47. The summed E-state index contributed by atoms with van der Waals surface area (Å²) in [6, 6.07) is 17.0. The Morgan fingerprint density at radius 3 is 2.43 bits per heavy atom. The van der Waals surface area contributed by atoms with Gasteiger partial charge in [-0.3, -0.25) is 4.79 Å². The zero-order valence-electron chi connectivity index (χ0n) is 12.1. The predicted molar refractivity (Wildman–Crippen MR) is 82.0 cm³/mol. The number of hydrogen-bond acceptors (Lipinski definition) is 2. The van der Waals surface area contributed by atoms with Crippen LogP contribution < -0.4 is 0 Å². The lowest BCUT2D eigenvalue weighted by atomic mass is 9.91. The summed E-state index contributed by atoms with van der Waals surface area (Å²) < 4.78 is 0. The van der Waals surface area contributed by atoms with Gasteiger partial charge >= 0.3 is 5.97 Å². The van der Waals surface area contributed by atoms with Crippen LogP contribution in [-0.2, 0) is 11.2 Å². The summed E-state index contributed by atoms with van der Waals surface area (Å²) in [4.78, 5) is 11.4. The number of aliphatic hydroxyl groups excluding tert-OH is 1. The highest BCUT2D eigenvalue weighted by molar-refractivity contribution is 5.70. The summed E-state index contributed by atoms with van der Waals surface area (Å²) in [5, 5.41) is 19.6. The molecule has 3 heteroatoms. The number of carbonyl (C=O) groups is 1. The van der Waals surface area contributed by atoms with Gasteiger partial charge < -0.3 is 10.2 Å². The van der Waals surface area contributed by atoms with Crippen LogP contribution in [0.1, 0.15) is 29.2 Å². The van der Waals surface area contributed by atoms with E-state index in [1.54, 1.807) is 0 Å². The third-order valence-corrected chi connectivity index (χ3v) is 3.61. The largest absolute Gasteiger partial charge is 0.481 e. The molecule has 3 nitrogen and oxygen atoms in total. The highest BCUT2D eigenvalue weighted by Gasteiger charge is 2.22. The molecule has 2 atom stereocenters. The van der Waals surface area contributed by atoms with Gasteiger partial charge in [-0.1, -0.05) is 60.2 Å². The number of aryl methyl sites for hydroxylation is 1. The van der Waals surface area contributed by atoms with Gasteiger partial charge in [0.15, 0.2) is 0 Å². The summed E-state index contributed by atoms with van der Waals surface area (Å²) in [5.41, 5.74) is 2.86. The zero-order chi connectivity index (χ0) is 15.2. The molecule has 0 fully saturated rings. The topological polar surface area (TPSA) is 57.5 Å². The quantitative estimate of drug-likeness (QED) is 0.855. The van der Waals surface area contributed by atoms with Crippen molar-refractivity contribution in [1.82, 2.24) is 0 Å². The summed E-state index contributed by atoms with van der Waals surface area (Å²) in [6.07, 6.45) is -0.106. The molecule has 0 spiro atoms. The van der Waals surface area contributed by atoms with E-state index in [0.717, 1.165) is 16.7 Å². The van der Waals surface area contributed by atoms with Crippen molar-refractivity contribution >= 4 is 5.97 Å². The SMILES string of the molecule is Cc1cccc(CC(CC(O)c2ccccc2)C(=O)O)c1. The molecule has 2 N–H and O–H groups in total. The molecule has 0 amide bonds. The van der Waals surface area contributed by atoms with Gasteiger partial charge in [-0.2, -0.15) is 0 Å². The standard InChI is InChI=1S/C18H20O3/c1-13-6-5-7-14(10-13)11-16(18(20)21)12-17(19)15-8-3-2-4-9-15/h2-10,16-17,19H,11-12H2,1H3,(H,20,21). The molecule has 0 aliphatic carbocycles. The van der Waals surface area contributed by atoms with E-state index < -0.39 is 18.0 Å². The molecule has 2 aromatic rings. The minimum Gasteiger partial charge on any atom is -0.481 e. The second-order valence-corrected chi connectivity index (χ2v) is 5.39. The van der Waals surface area contributed by atoms with Crippen molar-refractivity contribution in [3.05, 3.63) is 71.3 Å². The van der Waals surface area contributed by atoms with Crippen LogP contribution in [0.25, 0.3) is 0 Å². The average molecular weight is 284 g/mol. The molecule has 0 aliphatic heterocycles. The van der Waals surface area contributed by atoms with E-state index in [9.17, 15) is 15.0 Å². The lowest BCUT2D eigenvalue weighted by Crippen LogP contribution is -2.19. The number of aliphatic carboxylic acids is 1. The van der Waals surface area contributed by atoms with Crippen molar-refractivity contribution in [2.45, 2.75) is 25.9 Å². The summed E-state index contributed by atoms with van der Waals surface area (Å²) in [5.74, 6) is -1.46. The van der Waals surface area contributed by atoms with Crippen LogP contribution in [0.3, 0.4) is 0 Å². The first kappa shape index (κ1) is 15.3. The van der Waals surface area contributed by atoms with E-state index in [1.165, 1.54) is 0 Å². The van der Waals surface area contributed by atoms with Gasteiger partial charge in [-0.25, -0.2) is 0 Å². The van der Waals surface area contributed by atoms with Gasteiger partial charge in [0.1, 0.15) is 0 Å². The fourth-order valence-electron chi connectivity index (χ4n) is 2.48. The molecule has 2 rings (SSSR count). The molecule has 2 aromatic carbocycles. The molecular weight excluding hydrogens is 264 g/mol. The number of carboxylic acids is 1. The predicted octanol–water partition coefficient (Wildman–Crippen LogP) is 3.36. The van der Waals surface area contributed by atoms with Gasteiger partial charge in [-0.15, -0.1) is 0 Å². The van der Waals surface area contributed by atoms with E-state index in [-0.39, 0.29) is 6.42 Å². The van der Waals surface area contributed by atoms with E-state index >= 15 is 0 Å². The first-order chi connectivity index (χ1) is 10.1. The molecule has 0 aliphatic rings. The highest BCUT2D eigenvalue weighted by Crippen LogP contribution is 2.24. The molecule has 110 valence electrons. The van der Waals surface area contributed by atoms with E-state index in [1.807, 2.05) is 61.5 Å². The number of benzene rings is 2. The third-order valence-electron chi connectivity index (χ3n) is 3.61. The molecule has 0 radical (unpaired) electrons. The summed E-state index contributed by atoms with van der Waals surface area (Å²) in [7, 11) is 0. The van der Waals surface area contributed by atoms with Gasteiger partial charge in [0.25, 0.3) is 0 Å². The maximum absolute atomic E-state index is 11.4. The van der Waals surface area contributed by atoms with Crippen molar-refractivity contribution in [3.63, 3.8) is 0 Å². The molecule has 0 heterocycles. The molecule has 21 heavy (non-hydrogen) atoms. The fourth-order valence-corrected chi connectivity index (χ4v) is 2.48. The molecule has 0 aromatic heterocycles. The van der Waals surface area contributed by atoms with Gasteiger partial charge in [0, 0.05) is 0 Å². The Morgan fingerprint density at radius 2 is 1.81 bits per heavy atom. The van der Waals surface area contributed by atoms with Crippen molar-refractivity contribution in [1.29, 1.82) is 0 Å². The first-order valence-electron chi connectivity index (χ1n) is 7.07. The minimum absolute atomic E-state index is 0.216. The molecule has 0 saturated heterocycles. The highest BCUT2D eigenvalue weighted by atomic mass is 16.4. The molecule has 0 bridgehead atoms. The van der Waals surface area contributed by atoms with E-state index in [0.29, 0.717) is 6.42 Å². The summed E-state index contributed by atoms with van der Waals surface area (Å²) >= 11 is 0. The van der Waals surface area contributed by atoms with E-state index in [2.05, 4.69) is 0 Å². The van der Waals surface area contributed by atoms with Crippen LogP contribution in [0.2, 0.25) is 0 Å². The number of hydrogen-bond donors (Lipinski definition) is 2. The molecular formula is C18H20O3. The Labute approximate surface area is 124 Å². The van der Waals surface area contributed by atoms with Crippen LogP contribution in [0.15, 0.2) is 54.6 Å². The monoisotopic (exact) mass is 284 g/mol. The van der Waals surface area contributed by atoms with E-state index in [4.69, 9.17) is 0 Å². The van der Waals surface area contributed by atoms with Crippen molar-refractivity contribution in [3.8, 4) is 0 Å². The van der Waals surface area contributed by atoms with Crippen molar-refractivity contribution in [2.24, 2.45) is 5.92 Å². The van der Waals surface area contributed by atoms with Crippen LogP contribution in [-0.4, -0.2) is 16.2 Å². The van der Waals surface area contributed by atoms with Gasteiger partial charge in [-0.05, 0) is 30.9 Å². The lowest BCUT2D eigenvalue weighted by Gasteiger charge is -2.17. The zero-order valence-corrected chi connectivity index (χ0v) is 12.1. The number of aliphatic hydroxyl groups is 1. The lowest BCUT2D eigenvalue weighted by molar-refractivity contribution is -0.142. The van der Waals surface area contributed by atoms with Crippen LogP contribution >= 0.6 is 0 Å². The number of rotatable bonds is 6. The maximum Gasteiger partial charge on any atom is 0.306 e. The smallest absolute Gasteiger partial charge is 0.306 e. The normalized spacial score (nSPS) is 13.6. The van der Waals surface area contributed by atoms with Crippen molar-refractivity contribution in [2.75, 3.05) is 0 Å². The molecule has 2 unspecified atom stereocenters. The van der Waals surface area contributed by atoms with Crippen LogP contribution in [0, 0.1) is 12.8 Å². The van der Waals surface area contributed by atoms with Gasteiger partial charge in [0.2, 0.25) is 0 Å². The Morgan fingerprint density at radius 1 is 1.10 bits per heavy atom. The number of carboxylic acid groups (broad SMARTS) is 1. The third kappa shape index (κ3) is 4.43.